The second-order valence-electron chi connectivity index (χ2n) is 8.30. The zero-order valence-corrected chi connectivity index (χ0v) is 16.3. The third-order valence-electron chi connectivity index (χ3n) is 6.55. The van der Waals surface area contributed by atoms with Crippen LogP contribution in [0.3, 0.4) is 0 Å². The van der Waals surface area contributed by atoms with E-state index in [9.17, 15) is 5.11 Å². The predicted molar refractivity (Wildman–Crippen MR) is 101 cm³/mol. The first-order valence-corrected chi connectivity index (χ1v) is 9.79. The third kappa shape index (κ3) is 4.40. The average Bonchev–Trinajstić information content (AvgIpc) is 2.61. The van der Waals surface area contributed by atoms with Gasteiger partial charge in [-0.15, -0.1) is 0 Å². The lowest BCUT2D eigenvalue weighted by Crippen LogP contribution is -2.35. The number of hydrogen-bond donors (Lipinski definition) is 1. The molecule has 1 aromatic carbocycles. The van der Waals surface area contributed by atoms with E-state index in [1.165, 1.54) is 24.8 Å². The minimum absolute atomic E-state index is 0.137. The Kier molecular flexibility index (Phi) is 6.50. The monoisotopic (exact) mass is 332 g/mol. The van der Waals surface area contributed by atoms with E-state index in [1.54, 1.807) is 0 Å². The molecule has 0 aliphatic heterocycles. The summed E-state index contributed by atoms with van der Waals surface area (Å²) >= 11 is 0. The van der Waals surface area contributed by atoms with Crippen molar-refractivity contribution in [3.05, 3.63) is 35.4 Å². The Morgan fingerprint density at radius 1 is 1.12 bits per heavy atom. The smallest absolute Gasteiger partial charge is 0.181 e. The summed E-state index contributed by atoms with van der Waals surface area (Å²) in [5, 5.41) is 10.7. The van der Waals surface area contributed by atoms with Crippen molar-refractivity contribution >= 4 is 0 Å². The van der Waals surface area contributed by atoms with E-state index in [4.69, 9.17) is 4.74 Å². The Morgan fingerprint density at radius 2 is 1.75 bits per heavy atom. The molecule has 0 amide bonds. The van der Waals surface area contributed by atoms with Crippen LogP contribution in [-0.4, -0.2) is 10.7 Å². The van der Waals surface area contributed by atoms with Gasteiger partial charge in [0.25, 0.3) is 0 Å². The molecule has 1 fully saturated rings. The standard InChI is InChI=1S/C22H36O2/c1-6-21(4,5)17(3)18-12-11-13-19(16-18)20(23)24-22(7-2)14-9-8-10-15-22/h11-13,16-17,20,23H,6-10,14-15H2,1-5H3. The van der Waals surface area contributed by atoms with Gasteiger partial charge in [-0.05, 0) is 36.2 Å². The molecule has 24 heavy (non-hydrogen) atoms. The predicted octanol–water partition coefficient (Wildman–Crippen LogP) is 6.35. The van der Waals surface area contributed by atoms with Crippen LogP contribution in [0.5, 0.6) is 0 Å². The SMILES string of the molecule is CCC1(OC(O)c2cccc(C(C)C(C)(C)CC)c2)CCCCC1. The molecule has 136 valence electrons. The van der Waals surface area contributed by atoms with Crippen LogP contribution in [0.25, 0.3) is 0 Å². The summed E-state index contributed by atoms with van der Waals surface area (Å²) in [5.74, 6) is 0.449. The van der Waals surface area contributed by atoms with Gasteiger partial charge in [0.15, 0.2) is 6.29 Å². The number of aliphatic hydroxyl groups is 1. The highest BCUT2D eigenvalue weighted by atomic mass is 16.6. The largest absolute Gasteiger partial charge is 0.364 e. The highest BCUT2D eigenvalue weighted by Gasteiger charge is 2.34. The summed E-state index contributed by atoms with van der Waals surface area (Å²) in [6.45, 7) is 11.3. The maximum absolute atomic E-state index is 10.7. The second-order valence-corrected chi connectivity index (χ2v) is 8.30. The first-order chi connectivity index (χ1) is 11.3. The van der Waals surface area contributed by atoms with Crippen molar-refractivity contribution in [2.45, 2.75) is 97.4 Å². The van der Waals surface area contributed by atoms with Crippen LogP contribution < -0.4 is 0 Å². The van der Waals surface area contributed by atoms with E-state index in [2.05, 4.69) is 52.8 Å². The Balaban J connectivity index is 2.15. The molecular weight excluding hydrogens is 296 g/mol. The molecule has 1 aliphatic carbocycles. The molecule has 2 heteroatoms. The molecule has 2 nitrogen and oxygen atoms in total. The van der Waals surface area contributed by atoms with Gasteiger partial charge >= 0.3 is 0 Å². The molecular formula is C22H36O2. The van der Waals surface area contributed by atoms with Gasteiger partial charge < -0.3 is 9.84 Å². The lowest BCUT2D eigenvalue weighted by atomic mass is 9.74. The van der Waals surface area contributed by atoms with Crippen molar-refractivity contribution in [3.63, 3.8) is 0 Å². The van der Waals surface area contributed by atoms with Crippen molar-refractivity contribution in [1.82, 2.24) is 0 Å². The van der Waals surface area contributed by atoms with Crippen molar-refractivity contribution in [2.24, 2.45) is 5.41 Å². The van der Waals surface area contributed by atoms with Crippen LogP contribution >= 0.6 is 0 Å². The summed E-state index contributed by atoms with van der Waals surface area (Å²) in [6, 6.07) is 8.36. The topological polar surface area (TPSA) is 29.5 Å². The van der Waals surface area contributed by atoms with Gasteiger partial charge in [-0.25, -0.2) is 0 Å². The molecule has 2 unspecified atom stereocenters. The van der Waals surface area contributed by atoms with Crippen molar-refractivity contribution in [2.75, 3.05) is 0 Å². The van der Waals surface area contributed by atoms with E-state index in [-0.39, 0.29) is 11.0 Å². The van der Waals surface area contributed by atoms with Gasteiger partial charge in [0.1, 0.15) is 0 Å². The summed E-state index contributed by atoms with van der Waals surface area (Å²) < 4.78 is 6.22. The first-order valence-electron chi connectivity index (χ1n) is 9.79. The maximum Gasteiger partial charge on any atom is 0.181 e. The molecule has 1 aromatic rings. The second kappa shape index (κ2) is 8.01. The summed E-state index contributed by atoms with van der Waals surface area (Å²) in [4.78, 5) is 0. The van der Waals surface area contributed by atoms with Crippen LogP contribution in [0.2, 0.25) is 0 Å². The summed E-state index contributed by atoms with van der Waals surface area (Å²) in [7, 11) is 0. The maximum atomic E-state index is 10.7. The molecule has 0 heterocycles. The molecule has 1 N–H and O–H groups in total. The molecule has 1 aliphatic rings. The van der Waals surface area contributed by atoms with Crippen molar-refractivity contribution < 1.29 is 9.84 Å². The molecule has 0 radical (unpaired) electrons. The highest BCUT2D eigenvalue weighted by Crippen LogP contribution is 2.40. The summed E-state index contributed by atoms with van der Waals surface area (Å²) in [6.07, 6.45) is 7.14. The van der Waals surface area contributed by atoms with Gasteiger partial charge in [0.05, 0.1) is 5.60 Å². The number of rotatable bonds is 7. The molecule has 0 spiro atoms. The molecule has 0 saturated heterocycles. The fraction of sp³-hybridized carbons (Fsp3) is 0.727. The molecule has 0 aromatic heterocycles. The minimum Gasteiger partial charge on any atom is -0.364 e. The van der Waals surface area contributed by atoms with Crippen LogP contribution in [0.1, 0.15) is 103 Å². The Labute approximate surface area is 148 Å². The number of aliphatic hydroxyl groups excluding tert-OH is 1. The average molecular weight is 333 g/mol. The lowest BCUT2D eigenvalue weighted by Gasteiger charge is -2.38. The van der Waals surface area contributed by atoms with E-state index in [1.807, 2.05) is 6.07 Å². The zero-order valence-electron chi connectivity index (χ0n) is 16.3. The highest BCUT2D eigenvalue weighted by molar-refractivity contribution is 5.28. The zero-order chi connectivity index (χ0) is 17.8. The van der Waals surface area contributed by atoms with Crippen molar-refractivity contribution in [1.29, 1.82) is 0 Å². The van der Waals surface area contributed by atoms with Crippen molar-refractivity contribution in [3.8, 4) is 0 Å². The van der Waals surface area contributed by atoms with Gasteiger partial charge in [0.2, 0.25) is 0 Å². The lowest BCUT2D eigenvalue weighted by molar-refractivity contribution is -0.202. The van der Waals surface area contributed by atoms with E-state index in [0.717, 1.165) is 31.2 Å². The number of ether oxygens (including phenoxy) is 1. The van der Waals surface area contributed by atoms with Gasteiger partial charge in [-0.3, -0.25) is 0 Å². The molecule has 2 rings (SSSR count). The fourth-order valence-corrected chi connectivity index (χ4v) is 3.80. The minimum atomic E-state index is -0.820. The van der Waals surface area contributed by atoms with Crippen LogP contribution in [0, 0.1) is 5.41 Å². The normalized spacial score (nSPS) is 20.6. The van der Waals surface area contributed by atoms with Gasteiger partial charge in [0, 0.05) is 5.56 Å². The number of hydrogen-bond acceptors (Lipinski definition) is 2. The molecule has 0 bridgehead atoms. The Bertz CT molecular complexity index is 514. The summed E-state index contributed by atoms with van der Waals surface area (Å²) in [5.41, 5.74) is 2.29. The first kappa shape index (κ1) is 19.5. The van der Waals surface area contributed by atoms with Crippen LogP contribution in [-0.2, 0) is 4.74 Å². The molecule has 2 atom stereocenters. The van der Waals surface area contributed by atoms with Gasteiger partial charge in [-0.2, -0.15) is 0 Å². The van der Waals surface area contributed by atoms with E-state index < -0.39 is 6.29 Å². The van der Waals surface area contributed by atoms with Gasteiger partial charge in [-0.1, -0.05) is 84.6 Å². The third-order valence-corrected chi connectivity index (χ3v) is 6.55. The van der Waals surface area contributed by atoms with Crippen LogP contribution in [0.4, 0.5) is 0 Å². The number of benzene rings is 1. The fourth-order valence-electron chi connectivity index (χ4n) is 3.80. The van der Waals surface area contributed by atoms with E-state index in [0.29, 0.717) is 5.92 Å². The van der Waals surface area contributed by atoms with E-state index >= 15 is 0 Å². The quantitative estimate of drug-likeness (QED) is 0.590. The Morgan fingerprint density at radius 3 is 2.33 bits per heavy atom. The Hall–Kier alpha value is -0.860. The van der Waals surface area contributed by atoms with Crippen LogP contribution in [0.15, 0.2) is 24.3 Å². The molecule has 1 saturated carbocycles.